The van der Waals surface area contributed by atoms with Crippen molar-refractivity contribution in [3.8, 4) is 0 Å². The highest BCUT2D eigenvalue weighted by Gasteiger charge is 2.45. The van der Waals surface area contributed by atoms with Crippen LogP contribution in [0.2, 0.25) is 0 Å². The molecule has 2 saturated carbocycles. The Morgan fingerprint density at radius 2 is 1.74 bits per heavy atom. The zero-order valence-electron chi connectivity index (χ0n) is 12.0. The predicted molar refractivity (Wildman–Crippen MR) is 74.7 cm³/mol. The maximum Gasteiger partial charge on any atom is 0.225 e. The largest absolute Gasteiger partial charge is 0.342 e. The van der Waals surface area contributed by atoms with E-state index < -0.39 is 0 Å². The molecule has 106 valence electrons. The van der Waals surface area contributed by atoms with E-state index in [0.717, 1.165) is 11.8 Å². The lowest BCUT2D eigenvalue weighted by molar-refractivity contribution is -0.138. The van der Waals surface area contributed by atoms with Gasteiger partial charge in [0.15, 0.2) is 0 Å². The van der Waals surface area contributed by atoms with Crippen molar-refractivity contribution in [3.63, 3.8) is 0 Å². The summed E-state index contributed by atoms with van der Waals surface area (Å²) in [7, 11) is 2.07. The van der Waals surface area contributed by atoms with Gasteiger partial charge in [-0.15, -0.1) is 0 Å². The Balaban J connectivity index is 1.42. The van der Waals surface area contributed by atoms with E-state index in [1.165, 1.54) is 51.4 Å². The van der Waals surface area contributed by atoms with Crippen LogP contribution in [-0.4, -0.2) is 36.0 Å². The molecule has 19 heavy (non-hydrogen) atoms. The molecule has 5 atom stereocenters. The highest BCUT2D eigenvalue weighted by Crippen LogP contribution is 2.49. The number of carbonyl (C=O) groups is 1. The molecule has 4 fully saturated rings. The third-order valence-corrected chi connectivity index (χ3v) is 6.40. The van der Waals surface area contributed by atoms with Gasteiger partial charge >= 0.3 is 0 Å². The quantitative estimate of drug-likeness (QED) is 0.827. The third kappa shape index (κ3) is 2.01. The molecule has 2 aliphatic carbocycles. The van der Waals surface area contributed by atoms with E-state index in [-0.39, 0.29) is 0 Å². The van der Waals surface area contributed by atoms with Gasteiger partial charge in [-0.25, -0.2) is 0 Å². The predicted octanol–water partition coefficient (Wildman–Crippen LogP) is 2.16. The smallest absolute Gasteiger partial charge is 0.225 e. The van der Waals surface area contributed by atoms with Crippen molar-refractivity contribution in [2.24, 2.45) is 17.8 Å². The van der Waals surface area contributed by atoms with E-state index >= 15 is 0 Å². The van der Waals surface area contributed by atoms with Gasteiger partial charge in [0.05, 0.1) is 0 Å². The first-order chi connectivity index (χ1) is 9.20. The number of piperidine rings is 1. The molecular formula is C16H26N2O. The summed E-state index contributed by atoms with van der Waals surface area (Å²) in [6.45, 7) is 0. The van der Waals surface area contributed by atoms with Crippen molar-refractivity contribution in [2.45, 2.75) is 69.5 Å². The second-order valence-electron chi connectivity index (χ2n) is 7.49. The Kier molecular flexibility index (Phi) is 2.87. The summed E-state index contributed by atoms with van der Waals surface area (Å²) in [5, 5.41) is 3.67. The number of rotatable bonds is 2. The van der Waals surface area contributed by atoms with Crippen LogP contribution in [0.3, 0.4) is 0 Å². The molecule has 0 aromatic rings. The van der Waals surface area contributed by atoms with Gasteiger partial charge in [0, 0.05) is 31.1 Å². The number of nitrogens with zero attached hydrogens (tertiary/aromatic N) is 1. The van der Waals surface area contributed by atoms with Gasteiger partial charge < -0.3 is 10.2 Å². The summed E-state index contributed by atoms with van der Waals surface area (Å²) >= 11 is 0. The first-order valence-electron chi connectivity index (χ1n) is 8.23. The highest BCUT2D eigenvalue weighted by molar-refractivity contribution is 5.79. The van der Waals surface area contributed by atoms with Gasteiger partial charge in [0.25, 0.3) is 0 Å². The van der Waals surface area contributed by atoms with Gasteiger partial charge in [-0.1, -0.05) is 6.42 Å². The second-order valence-corrected chi connectivity index (χ2v) is 7.49. The van der Waals surface area contributed by atoms with Crippen LogP contribution in [0.15, 0.2) is 0 Å². The minimum atomic E-state index is 0.372. The second kappa shape index (κ2) is 4.47. The molecule has 0 aromatic heterocycles. The average Bonchev–Trinajstić information content (AvgIpc) is 3.12. The van der Waals surface area contributed by atoms with Crippen molar-refractivity contribution in [1.82, 2.24) is 10.2 Å². The molecule has 5 unspecified atom stereocenters. The van der Waals surface area contributed by atoms with Crippen molar-refractivity contribution in [1.29, 1.82) is 0 Å². The maximum atomic E-state index is 12.8. The van der Waals surface area contributed by atoms with E-state index in [1.807, 2.05) is 0 Å². The van der Waals surface area contributed by atoms with Gasteiger partial charge in [0.2, 0.25) is 5.91 Å². The topological polar surface area (TPSA) is 32.3 Å². The fraction of sp³-hybridized carbons (Fsp3) is 0.938. The standard InChI is InChI=1S/C16H26N2O/c1-18(14-8-12-4-5-13(9-14)17-12)16(19)15-7-10-2-3-11(15)6-10/h10-15,17H,2-9H2,1H3. The molecule has 0 radical (unpaired) electrons. The van der Waals surface area contributed by atoms with E-state index in [1.54, 1.807) is 0 Å². The van der Waals surface area contributed by atoms with Crippen LogP contribution in [-0.2, 0) is 4.79 Å². The Labute approximate surface area is 116 Å². The molecule has 4 aliphatic rings. The molecule has 0 spiro atoms. The van der Waals surface area contributed by atoms with Crippen molar-refractivity contribution >= 4 is 5.91 Å². The van der Waals surface area contributed by atoms with Crippen molar-refractivity contribution in [3.05, 3.63) is 0 Å². The molecule has 0 aromatic carbocycles. The average molecular weight is 262 g/mol. The first kappa shape index (κ1) is 12.2. The molecule has 1 amide bonds. The van der Waals surface area contributed by atoms with Crippen molar-refractivity contribution < 1.29 is 4.79 Å². The lowest BCUT2D eigenvalue weighted by atomic mass is 9.87. The Morgan fingerprint density at radius 1 is 1.00 bits per heavy atom. The fourth-order valence-corrected chi connectivity index (χ4v) is 5.33. The lowest BCUT2D eigenvalue weighted by Crippen LogP contribution is -2.50. The van der Waals surface area contributed by atoms with Gasteiger partial charge in [-0.3, -0.25) is 4.79 Å². The highest BCUT2D eigenvalue weighted by atomic mass is 16.2. The van der Waals surface area contributed by atoms with E-state index in [4.69, 9.17) is 0 Å². The van der Waals surface area contributed by atoms with E-state index in [0.29, 0.717) is 30.0 Å². The van der Waals surface area contributed by atoms with E-state index in [2.05, 4.69) is 17.3 Å². The molecular weight excluding hydrogens is 236 g/mol. The summed E-state index contributed by atoms with van der Waals surface area (Å²) < 4.78 is 0. The van der Waals surface area contributed by atoms with Crippen LogP contribution in [0.4, 0.5) is 0 Å². The maximum absolute atomic E-state index is 12.8. The van der Waals surface area contributed by atoms with Crippen LogP contribution in [0.25, 0.3) is 0 Å². The first-order valence-corrected chi connectivity index (χ1v) is 8.23. The molecule has 4 bridgehead atoms. The molecule has 2 saturated heterocycles. The zero-order valence-corrected chi connectivity index (χ0v) is 12.0. The Morgan fingerprint density at radius 3 is 2.32 bits per heavy atom. The number of fused-ring (bicyclic) bond motifs is 4. The van der Waals surface area contributed by atoms with Crippen LogP contribution in [0.5, 0.6) is 0 Å². The molecule has 3 nitrogen and oxygen atoms in total. The number of hydrogen-bond acceptors (Lipinski definition) is 2. The number of amides is 1. The monoisotopic (exact) mass is 262 g/mol. The Hall–Kier alpha value is -0.570. The van der Waals surface area contributed by atoms with Crippen molar-refractivity contribution in [2.75, 3.05) is 7.05 Å². The van der Waals surface area contributed by atoms with Crippen LogP contribution >= 0.6 is 0 Å². The summed E-state index contributed by atoms with van der Waals surface area (Å²) in [4.78, 5) is 14.9. The van der Waals surface area contributed by atoms with Gasteiger partial charge in [-0.05, 0) is 56.8 Å². The number of hydrogen-bond donors (Lipinski definition) is 1. The summed E-state index contributed by atoms with van der Waals surface area (Å²) in [5.41, 5.74) is 0. The molecule has 1 N–H and O–H groups in total. The molecule has 4 rings (SSSR count). The number of nitrogens with one attached hydrogen (secondary N) is 1. The normalized spacial score (nSPS) is 47.6. The molecule has 2 heterocycles. The fourth-order valence-electron chi connectivity index (χ4n) is 5.33. The SMILES string of the molecule is CN(C(=O)C1CC2CCC1C2)C1CC2CCC(C1)N2. The minimum absolute atomic E-state index is 0.372. The van der Waals surface area contributed by atoms with Crippen LogP contribution < -0.4 is 5.32 Å². The molecule has 3 heteroatoms. The van der Waals surface area contributed by atoms with E-state index in [9.17, 15) is 4.79 Å². The summed E-state index contributed by atoms with van der Waals surface area (Å²) in [5.74, 6) is 2.43. The Bertz CT molecular complexity index is 371. The zero-order chi connectivity index (χ0) is 13.0. The minimum Gasteiger partial charge on any atom is -0.342 e. The van der Waals surface area contributed by atoms with Crippen LogP contribution in [0, 0.1) is 17.8 Å². The van der Waals surface area contributed by atoms with Gasteiger partial charge in [0.1, 0.15) is 0 Å². The number of carbonyl (C=O) groups excluding carboxylic acids is 1. The summed E-state index contributed by atoms with van der Waals surface area (Å²) in [6, 6.07) is 1.86. The lowest BCUT2D eigenvalue weighted by Gasteiger charge is -2.38. The third-order valence-electron chi connectivity index (χ3n) is 6.40. The molecule has 2 aliphatic heterocycles. The van der Waals surface area contributed by atoms with Crippen LogP contribution in [0.1, 0.15) is 51.4 Å². The summed E-state index contributed by atoms with van der Waals surface area (Å²) in [6.07, 6.45) is 10.2. The van der Waals surface area contributed by atoms with Gasteiger partial charge in [-0.2, -0.15) is 0 Å².